The Hall–Kier alpha value is -3.16. The number of hydrogen-bond acceptors (Lipinski definition) is 6. The van der Waals surface area contributed by atoms with Crippen LogP contribution in [0.4, 0.5) is 0 Å². The van der Waals surface area contributed by atoms with Crippen LogP contribution in [0, 0.1) is 6.92 Å². The summed E-state index contributed by atoms with van der Waals surface area (Å²) in [5.41, 5.74) is 0.989. The fourth-order valence-electron chi connectivity index (χ4n) is 3.07. The Morgan fingerprint density at radius 1 is 1.31 bits per heavy atom. The van der Waals surface area contributed by atoms with E-state index in [0.29, 0.717) is 30.6 Å². The molecule has 0 fully saturated rings. The molecule has 0 spiro atoms. The molecule has 26 heavy (non-hydrogen) atoms. The Balaban J connectivity index is 1.57. The van der Waals surface area contributed by atoms with Gasteiger partial charge in [-0.05, 0) is 31.5 Å². The van der Waals surface area contributed by atoms with E-state index < -0.39 is 0 Å². The average molecular weight is 353 g/mol. The van der Waals surface area contributed by atoms with E-state index in [1.165, 1.54) is 0 Å². The van der Waals surface area contributed by atoms with Gasteiger partial charge < -0.3 is 14.1 Å². The molecule has 8 nitrogen and oxygen atoms in total. The van der Waals surface area contributed by atoms with Gasteiger partial charge in [-0.15, -0.1) is 0 Å². The van der Waals surface area contributed by atoms with E-state index in [9.17, 15) is 4.79 Å². The molecule has 0 saturated heterocycles. The van der Waals surface area contributed by atoms with Crippen LogP contribution >= 0.6 is 0 Å². The number of carbonyl (C=O) groups excluding carboxylic acids is 1. The highest BCUT2D eigenvalue weighted by Crippen LogP contribution is 2.21. The predicted octanol–water partition coefficient (Wildman–Crippen LogP) is 2.07. The Bertz CT molecular complexity index is 889. The number of ether oxygens (including phenoxy) is 1. The second kappa shape index (κ2) is 6.99. The number of rotatable bonds is 4. The van der Waals surface area contributed by atoms with E-state index in [0.717, 1.165) is 18.7 Å². The quantitative estimate of drug-likeness (QED) is 0.714. The normalized spacial score (nSPS) is 16.8. The second-order valence-corrected chi connectivity index (χ2v) is 6.19. The molecular weight excluding hydrogens is 334 g/mol. The van der Waals surface area contributed by atoms with E-state index in [-0.39, 0.29) is 11.9 Å². The highest BCUT2D eigenvalue weighted by atomic mass is 16.5. The van der Waals surface area contributed by atoms with Crippen molar-refractivity contribution < 1.29 is 13.9 Å². The minimum atomic E-state index is -0.152. The summed E-state index contributed by atoms with van der Waals surface area (Å²) in [5.74, 6) is 1.33. The number of furan rings is 1. The lowest BCUT2D eigenvalue weighted by Crippen LogP contribution is -2.42. The van der Waals surface area contributed by atoms with Crippen molar-refractivity contribution in [2.24, 2.45) is 0 Å². The lowest BCUT2D eigenvalue weighted by molar-refractivity contribution is 0.0552. The summed E-state index contributed by atoms with van der Waals surface area (Å²) in [5, 5.41) is 4.33. The lowest BCUT2D eigenvalue weighted by Gasteiger charge is -2.28. The lowest BCUT2D eigenvalue weighted by atomic mass is 10.1. The van der Waals surface area contributed by atoms with Gasteiger partial charge in [-0.2, -0.15) is 5.10 Å². The molecule has 0 aliphatic carbocycles. The number of hydrogen-bond donors (Lipinski definition) is 0. The molecule has 0 saturated carbocycles. The first-order valence-electron chi connectivity index (χ1n) is 8.47. The van der Waals surface area contributed by atoms with E-state index in [2.05, 4.69) is 15.1 Å². The standard InChI is InChI=1S/C18H19N5O3/c1-13-2-3-16(26-13)18(24)22-11-14-4-6-21-23(14)9-5-15(22)12-25-17-10-19-7-8-20-17/h2-4,6-8,10,15H,5,9,11-12H2,1H3/t15-/m1/s1. The monoisotopic (exact) mass is 353 g/mol. The van der Waals surface area contributed by atoms with E-state index in [1.54, 1.807) is 41.8 Å². The van der Waals surface area contributed by atoms with Crippen LogP contribution in [0.15, 0.2) is 47.4 Å². The smallest absolute Gasteiger partial charge is 0.290 e. The molecule has 134 valence electrons. The zero-order valence-corrected chi connectivity index (χ0v) is 14.4. The van der Waals surface area contributed by atoms with Crippen LogP contribution in [0.3, 0.4) is 0 Å². The number of amides is 1. The predicted molar refractivity (Wildman–Crippen MR) is 91.5 cm³/mol. The summed E-state index contributed by atoms with van der Waals surface area (Å²) in [7, 11) is 0. The van der Waals surface area contributed by atoms with E-state index >= 15 is 0 Å². The third-order valence-electron chi connectivity index (χ3n) is 4.43. The SMILES string of the molecule is Cc1ccc(C(=O)N2Cc3ccnn3CC[C@@H]2COc2cnccn2)o1. The molecule has 3 aromatic rings. The summed E-state index contributed by atoms with van der Waals surface area (Å²) >= 11 is 0. The Morgan fingerprint density at radius 2 is 2.23 bits per heavy atom. The maximum absolute atomic E-state index is 13.0. The maximum Gasteiger partial charge on any atom is 0.290 e. The first-order chi connectivity index (χ1) is 12.7. The first kappa shape index (κ1) is 16.3. The molecule has 0 aromatic carbocycles. The number of carbonyl (C=O) groups is 1. The fourth-order valence-corrected chi connectivity index (χ4v) is 3.07. The third-order valence-corrected chi connectivity index (χ3v) is 4.43. The van der Waals surface area contributed by atoms with Crippen LogP contribution in [0.5, 0.6) is 5.88 Å². The summed E-state index contributed by atoms with van der Waals surface area (Å²) < 4.78 is 13.2. The van der Waals surface area contributed by atoms with Crippen LogP contribution in [0.25, 0.3) is 0 Å². The summed E-state index contributed by atoms with van der Waals surface area (Å²) in [6.45, 7) is 3.32. The third kappa shape index (κ3) is 3.30. The van der Waals surface area contributed by atoms with Crippen molar-refractivity contribution in [3.63, 3.8) is 0 Å². The summed E-state index contributed by atoms with van der Waals surface area (Å²) in [6, 6.07) is 5.30. The molecule has 0 unspecified atom stereocenters. The highest BCUT2D eigenvalue weighted by molar-refractivity contribution is 5.91. The number of nitrogens with zero attached hydrogens (tertiary/aromatic N) is 5. The topological polar surface area (TPSA) is 86.3 Å². The Kier molecular flexibility index (Phi) is 4.39. The van der Waals surface area contributed by atoms with Gasteiger partial charge in [0.05, 0.1) is 24.5 Å². The molecule has 4 rings (SSSR count). The highest BCUT2D eigenvalue weighted by Gasteiger charge is 2.31. The van der Waals surface area contributed by atoms with Gasteiger partial charge in [-0.3, -0.25) is 14.5 Å². The largest absolute Gasteiger partial charge is 0.474 e. The van der Waals surface area contributed by atoms with Crippen molar-refractivity contribution in [3.05, 3.63) is 60.2 Å². The minimum absolute atomic E-state index is 0.128. The Morgan fingerprint density at radius 3 is 3.00 bits per heavy atom. The Labute approximate surface area is 150 Å². The number of aryl methyl sites for hydroxylation is 2. The molecule has 0 bridgehead atoms. The molecule has 1 aliphatic heterocycles. The van der Waals surface area contributed by atoms with Gasteiger partial charge in [-0.25, -0.2) is 4.98 Å². The first-order valence-corrected chi connectivity index (χ1v) is 8.47. The van der Waals surface area contributed by atoms with E-state index in [1.807, 2.05) is 17.7 Å². The minimum Gasteiger partial charge on any atom is -0.474 e. The molecule has 0 radical (unpaired) electrons. The van der Waals surface area contributed by atoms with Gasteiger partial charge in [0.15, 0.2) is 5.76 Å². The zero-order valence-electron chi connectivity index (χ0n) is 14.4. The fraction of sp³-hybridized carbons (Fsp3) is 0.333. The van der Waals surface area contributed by atoms with E-state index in [4.69, 9.17) is 9.15 Å². The van der Waals surface area contributed by atoms with Crippen molar-refractivity contribution >= 4 is 5.91 Å². The molecule has 8 heteroatoms. The second-order valence-electron chi connectivity index (χ2n) is 6.19. The van der Waals surface area contributed by atoms with Crippen LogP contribution in [0.2, 0.25) is 0 Å². The molecule has 1 amide bonds. The van der Waals surface area contributed by atoms with Gasteiger partial charge in [0.2, 0.25) is 5.88 Å². The summed E-state index contributed by atoms with van der Waals surface area (Å²) in [4.78, 5) is 22.9. The van der Waals surface area contributed by atoms with Crippen molar-refractivity contribution in [3.8, 4) is 5.88 Å². The molecule has 3 aromatic heterocycles. The molecular formula is C18H19N5O3. The molecule has 1 atom stereocenters. The molecule has 1 aliphatic rings. The number of aromatic nitrogens is 4. The van der Waals surface area contributed by atoms with Crippen molar-refractivity contribution in [1.29, 1.82) is 0 Å². The van der Waals surface area contributed by atoms with Gasteiger partial charge in [0, 0.05) is 25.1 Å². The summed E-state index contributed by atoms with van der Waals surface area (Å²) in [6.07, 6.45) is 7.20. The van der Waals surface area contributed by atoms with Gasteiger partial charge in [0.25, 0.3) is 5.91 Å². The zero-order chi connectivity index (χ0) is 17.9. The van der Waals surface area contributed by atoms with Crippen LogP contribution in [-0.2, 0) is 13.1 Å². The number of fused-ring (bicyclic) bond motifs is 1. The average Bonchev–Trinajstić information content (AvgIpc) is 3.26. The van der Waals surface area contributed by atoms with Crippen molar-refractivity contribution in [1.82, 2.24) is 24.6 Å². The van der Waals surface area contributed by atoms with Gasteiger partial charge >= 0.3 is 0 Å². The van der Waals surface area contributed by atoms with Crippen LogP contribution < -0.4 is 4.74 Å². The van der Waals surface area contributed by atoms with Crippen molar-refractivity contribution in [2.45, 2.75) is 32.5 Å². The van der Waals surface area contributed by atoms with Gasteiger partial charge in [0.1, 0.15) is 12.4 Å². The maximum atomic E-state index is 13.0. The molecule has 4 heterocycles. The van der Waals surface area contributed by atoms with Crippen molar-refractivity contribution in [2.75, 3.05) is 6.61 Å². The van der Waals surface area contributed by atoms with Crippen LogP contribution in [0.1, 0.15) is 28.4 Å². The molecule has 0 N–H and O–H groups in total. The van der Waals surface area contributed by atoms with Gasteiger partial charge in [-0.1, -0.05) is 0 Å². The van der Waals surface area contributed by atoms with Crippen LogP contribution in [-0.4, -0.2) is 43.2 Å².